The zero-order valence-corrected chi connectivity index (χ0v) is 22.7. The van der Waals surface area contributed by atoms with E-state index in [1.807, 2.05) is 32.0 Å². The van der Waals surface area contributed by atoms with Crippen LogP contribution in [0.2, 0.25) is 0 Å². The average molecular weight is 534 g/mol. The van der Waals surface area contributed by atoms with Crippen molar-refractivity contribution < 1.29 is 18.7 Å². The number of aryl methyl sites for hydroxylation is 2. The second-order valence-corrected chi connectivity index (χ2v) is 10.5. The summed E-state index contributed by atoms with van der Waals surface area (Å²) in [6.07, 6.45) is 0. The fourth-order valence-corrected chi connectivity index (χ4v) is 5.52. The van der Waals surface area contributed by atoms with Crippen molar-refractivity contribution in [3.63, 3.8) is 0 Å². The van der Waals surface area contributed by atoms with Crippen LogP contribution in [0.5, 0.6) is 5.75 Å². The molecule has 0 fully saturated rings. The van der Waals surface area contributed by atoms with Gasteiger partial charge in [-0.2, -0.15) is 5.26 Å². The van der Waals surface area contributed by atoms with Gasteiger partial charge in [0.15, 0.2) is 5.78 Å². The number of halogens is 1. The van der Waals surface area contributed by atoms with Gasteiger partial charge in [-0.25, -0.2) is 9.18 Å². The molecule has 0 saturated heterocycles. The topological polar surface area (TPSA) is 91.3 Å². The van der Waals surface area contributed by atoms with E-state index in [-0.39, 0.29) is 28.2 Å². The number of ketones is 1. The number of carbonyl (C=O) groups excluding carboxylic acids is 1. The van der Waals surface area contributed by atoms with Crippen molar-refractivity contribution in [1.29, 1.82) is 5.26 Å². The van der Waals surface area contributed by atoms with Crippen LogP contribution in [0.25, 0.3) is 22.1 Å². The van der Waals surface area contributed by atoms with Gasteiger partial charge in [0.25, 0.3) is 0 Å². The summed E-state index contributed by atoms with van der Waals surface area (Å²) in [5, 5.41) is 22.0. The normalized spacial score (nSPS) is 12.9. The Labute approximate surface area is 231 Å². The molecule has 5 rings (SSSR count). The minimum Gasteiger partial charge on any atom is -0.507 e. The molecule has 1 aromatic heterocycles. The molecular formula is C34H28FNO4. The summed E-state index contributed by atoms with van der Waals surface area (Å²) >= 11 is 0. The number of fused-ring (bicyclic) bond motifs is 2. The third-order valence-electron chi connectivity index (χ3n) is 7.59. The molecule has 2 atom stereocenters. The van der Waals surface area contributed by atoms with Crippen LogP contribution in [0, 0.1) is 36.9 Å². The lowest BCUT2D eigenvalue weighted by molar-refractivity contribution is 0.0940. The van der Waals surface area contributed by atoms with Crippen LogP contribution >= 0.6 is 0 Å². The van der Waals surface area contributed by atoms with E-state index in [0.717, 1.165) is 27.8 Å². The highest BCUT2D eigenvalue weighted by molar-refractivity contribution is 6.08. The van der Waals surface area contributed by atoms with Crippen molar-refractivity contribution in [2.45, 2.75) is 39.5 Å². The number of para-hydroxylation sites is 1. The molecule has 0 aliphatic heterocycles. The highest BCUT2D eigenvalue weighted by Gasteiger charge is 2.38. The average Bonchev–Trinajstić information content (AvgIpc) is 3.15. The maximum atomic E-state index is 14.3. The standard InChI is InChI=1S/C34H28FNO4/c1-18(2)22-11-14-24-19(3)16-26(29(24)20(4)15-22)32(37)27(17-36)30(21-9-12-23(35)13-10-21)31-33(38)25-7-5-6-8-28(25)40-34(31)39/h5-16,18,27,30,38H,1-4H3. The molecule has 1 heterocycles. The van der Waals surface area contributed by atoms with Crippen molar-refractivity contribution in [1.82, 2.24) is 0 Å². The summed E-state index contributed by atoms with van der Waals surface area (Å²) in [7, 11) is 0. The summed E-state index contributed by atoms with van der Waals surface area (Å²) in [5.74, 6) is -3.74. The van der Waals surface area contributed by atoms with Gasteiger partial charge < -0.3 is 9.52 Å². The molecule has 0 radical (unpaired) electrons. The Hall–Kier alpha value is -4.76. The number of nitriles is 1. The molecule has 1 N–H and O–H groups in total. The lowest BCUT2D eigenvalue weighted by atomic mass is 9.77. The van der Waals surface area contributed by atoms with E-state index in [0.29, 0.717) is 11.1 Å². The molecule has 6 heteroatoms. The number of carbonyl (C=O) groups is 1. The first-order valence-electron chi connectivity index (χ1n) is 13.1. The molecule has 0 amide bonds. The van der Waals surface area contributed by atoms with Gasteiger partial charge in [-0.05, 0) is 83.5 Å². The van der Waals surface area contributed by atoms with Gasteiger partial charge in [0, 0.05) is 11.5 Å². The number of rotatable bonds is 6. The van der Waals surface area contributed by atoms with Gasteiger partial charge in [-0.15, -0.1) is 0 Å². The van der Waals surface area contributed by atoms with E-state index in [1.54, 1.807) is 30.3 Å². The molecule has 40 heavy (non-hydrogen) atoms. The summed E-state index contributed by atoms with van der Waals surface area (Å²) in [6.45, 7) is 8.04. The molecule has 3 aromatic rings. The summed E-state index contributed by atoms with van der Waals surface area (Å²) in [6, 6.07) is 21.7. The van der Waals surface area contributed by atoms with Crippen molar-refractivity contribution in [2.24, 2.45) is 5.92 Å². The van der Waals surface area contributed by atoms with Crippen LogP contribution in [0.1, 0.15) is 63.9 Å². The first kappa shape index (κ1) is 26.8. The number of aromatic hydroxyl groups is 1. The molecule has 200 valence electrons. The van der Waals surface area contributed by atoms with Crippen molar-refractivity contribution >= 4 is 16.8 Å². The zero-order chi connectivity index (χ0) is 28.7. The summed E-state index contributed by atoms with van der Waals surface area (Å²) < 4.78 is 19.4. The van der Waals surface area contributed by atoms with Gasteiger partial charge in [0.1, 0.15) is 23.1 Å². The second kappa shape index (κ2) is 10.4. The number of Topliss-reactive ketones (excluding diaryl/α,β-unsaturated/α-hetero) is 1. The first-order chi connectivity index (χ1) is 19.1. The van der Waals surface area contributed by atoms with Gasteiger partial charge in [0.05, 0.1) is 17.0 Å². The Morgan fingerprint density at radius 3 is 2.30 bits per heavy atom. The Morgan fingerprint density at radius 2 is 1.62 bits per heavy atom. The Balaban J connectivity index is 1.75. The molecule has 2 aliphatic rings. The molecule has 0 spiro atoms. The van der Waals surface area contributed by atoms with Crippen molar-refractivity contribution in [3.05, 3.63) is 122 Å². The third kappa shape index (κ3) is 4.54. The van der Waals surface area contributed by atoms with Crippen molar-refractivity contribution in [3.8, 4) is 22.9 Å². The zero-order valence-electron chi connectivity index (χ0n) is 22.7. The van der Waals surface area contributed by atoms with E-state index in [2.05, 4.69) is 19.9 Å². The largest absolute Gasteiger partial charge is 0.507 e. The SMILES string of the molecule is Cc1cc(C(=O)C(C#N)C(c2ccc(F)cc2)c2c(O)c3ccccc3oc2=O)c2c(C)cc(C(C)C)ccc1-2. The first-order valence-corrected chi connectivity index (χ1v) is 13.1. The minimum absolute atomic E-state index is 0.174. The summed E-state index contributed by atoms with van der Waals surface area (Å²) in [5.41, 5.74) is 4.31. The lowest BCUT2D eigenvalue weighted by Gasteiger charge is -2.23. The molecule has 0 bridgehead atoms. The predicted molar refractivity (Wildman–Crippen MR) is 152 cm³/mol. The molecule has 0 saturated carbocycles. The van der Waals surface area contributed by atoms with E-state index < -0.39 is 29.1 Å². The monoisotopic (exact) mass is 533 g/mol. The van der Waals surface area contributed by atoms with Gasteiger partial charge in [-0.3, -0.25) is 4.79 Å². The molecule has 5 nitrogen and oxygen atoms in total. The molecule has 2 aromatic carbocycles. The van der Waals surface area contributed by atoms with Gasteiger partial charge in [-0.1, -0.05) is 56.3 Å². The minimum atomic E-state index is -1.42. The van der Waals surface area contributed by atoms with Gasteiger partial charge >= 0.3 is 5.63 Å². The molecule has 2 aliphatic carbocycles. The fraction of sp³-hybridized carbons (Fsp3) is 0.206. The van der Waals surface area contributed by atoms with E-state index in [1.165, 1.54) is 24.3 Å². The number of hydrogen-bond donors (Lipinski definition) is 1. The smallest absolute Gasteiger partial charge is 0.343 e. The number of nitrogens with zero attached hydrogens (tertiary/aromatic N) is 1. The van der Waals surface area contributed by atoms with Crippen LogP contribution in [0.3, 0.4) is 0 Å². The predicted octanol–water partition coefficient (Wildman–Crippen LogP) is 7.64. The third-order valence-corrected chi connectivity index (χ3v) is 7.59. The summed E-state index contributed by atoms with van der Waals surface area (Å²) in [4.78, 5) is 27.6. The number of hydrogen-bond acceptors (Lipinski definition) is 5. The van der Waals surface area contributed by atoms with Crippen LogP contribution in [-0.4, -0.2) is 10.9 Å². The van der Waals surface area contributed by atoms with Crippen molar-refractivity contribution in [2.75, 3.05) is 0 Å². The van der Waals surface area contributed by atoms with E-state index in [9.17, 15) is 24.3 Å². The quantitative estimate of drug-likeness (QED) is 0.179. The second-order valence-electron chi connectivity index (χ2n) is 10.5. The maximum absolute atomic E-state index is 14.3. The van der Waals surface area contributed by atoms with Crippen LogP contribution in [-0.2, 0) is 0 Å². The fourth-order valence-electron chi connectivity index (χ4n) is 5.52. The number of benzene rings is 2. The Kier molecular flexibility index (Phi) is 6.99. The van der Waals surface area contributed by atoms with E-state index in [4.69, 9.17) is 4.42 Å². The lowest BCUT2D eigenvalue weighted by Crippen LogP contribution is -2.26. The highest BCUT2D eigenvalue weighted by atomic mass is 19.1. The van der Waals surface area contributed by atoms with Gasteiger partial charge in [0.2, 0.25) is 0 Å². The maximum Gasteiger partial charge on any atom is 0.343 e. The van der Waals surface area contributed by atoms with Crippen LogP contribution in [0.4, 0.5) is 4.39 Å². The molecular weight excluding hydrogens is 505 g/mol. The highest BCUT2D eigenvalue weighted by Crippen LogP contribution is 2.42. The van der Waals surface area contributed by atoms with Crippen LogP contribution < -0.4 is 5.63 Å². The molecule has 2 unspecified atom stereocenters. The Morgan fingerprint density at radius 1 is 0.950 bits per heavy atom. The Bertz CT molecular complexity index is 1830. The van der Waals surface area contributed by atoms with Crippen LogP contribution in [0.15, 0.2) is 82.0 Å². The van der Waals surface area contributed by atoms with E-state index >= 15 is 0 Å².